The summed E-state index contributed by atoms with van der Waals surface area (Å²) in [5.41, 5.74) is 3.92. The Morgan fingerprint density at radius 3 is 2.80 bits per heavy atom. The second-order valence-corrected chi connectivity index (χ2v) is 8.60. The molecule has 0 spiro atoms. The minimum Gasteiger partial charge on any atom is -0.403 e. The van der Waals surface area contributed by atoms with E-state index in [1.165, 1.54) is 24.0 Å². The Kier molecular flexibility index (Phi) is 4.07. The van der Waals surface area contributed by atoms with E-state index in [-0.39, 0.29) is 5.41 Å². The summed E-state index contributed by atoms with van der Waals surface area (Å²) in [4.78, 5) is 5.65. The van der Waals surface area contributed by atoms with Crippen molar-refractivity contribution in [2.75, 3.05) is 5.32 Å². The summed E-state index contributed by atoms with van der Waals surface area (Å²) >= 11 is 1.71. The fourth-order valence-electron chi connectivity index (χ4n) is 3.01. The smallest absolute Gasteiger partial charge is 0.316 e. The van der Waals surface area contributed by atoms with Crippen LogP contribution in [0.3, 0.4) is 0 Å². The molecule has 1 aliphatic rings. The first kappa shape index (κ1) is 16.3. The highest BCUT2D eigenvalue weighted by Crippen LogP contribution is 2.29. The van der Waals surface area contributed by atoms with Crippen molar-refractivity contribution in [1.82, 2.24) is 15.2 Å². The van der Waals surface area contributed by atoms with Gasteiger partial charge in [-0.15, -0.1) is 16.4 Å². The van der Waals surface area contributed by atoms with Crippen LogP contribution in [0, 0.1) is 0 Å². The highest BCUT2D eigenvalue weighted by atomic mass is 32.1. The molecule has 6 heteroatoms. The molecule has 4 rings (SSSR count). The van der Waals surface area contributed by atoms with Crippen molar-refractivity contribution in [3.8, 4) is 11.5 Å². The Morgan fingerprint density at radius 1 is 1.16 bits per heavy atom. The van der Waals surface area contributed by atoms with E-state index in [2.05, 4.69) is 59.5 Å². The maximum Gasteiger partial charge on any atom is 0.316 e. The molecule has 0 aliphatic heterocycles. The largest absolute Gasteiger partial charge is 0.403 e. The molecular formula is C19H22N4OS. The van der Waals surface area contributed by atoms with Gasteiger partial charge in [-0.1, -0.05) is 31.9 Å². The molecular weight excluding hydrogens is 332 g/mol. The third-order valence-corrected chi connectivity index (χ3v) is 5.80. The van der Waals surface area contributed by atoms with Gasteiger partial charge in [0.1, 0.15) is 0 Å². The third kappa shape index (κ3) is 3.44. The van der Waals surface area contributed by atoms with E-state index < -0.39 is 0 Å². The highest BCUT2D eigenvalue weighted by Gasteiger charge is 2.18. The van der Waals surface area contributed by atoms with Crippen LogP contribution in [0.4, 0.5) is 6.01 Å². The van der Waals surface area contributed by atoms with E-state index in [9.17, 15) is 0 Å². The summed E-state index contributed by atoms with van der Waals surface area (Å²) in [6.07, 6.45) is 5.47. The molecule has 0 fully saturated rings. The molecule has 3 aromatic rings. The zero-order valence-corrected chi connectivity index (χ0v) is 15.6. The number of hydrogen-bond donors (Lipinski definition) is 1. The Hall–Kier alpha value is -2.21. The van der Waals surface area contributed by atoms with Gasteiger partial charge in [-0.2, -0.15) is 0 Å². The fourth-order valence-corrected chi connectivity index (χ4v) is 3.92. The number of aromatic nitrogens is 3. The van der Waals surface area contributed by atoms with Crippen molar-refractivity contribution in [3.05, 3.63) is 45.4 Å². The van der Waals surface area contributed by atoms with E-state index in [4.69, 9.17) is 4.42 Å². The lowest BCUT2D eigenvalue weighted by molar-refractivity contribution is 0.581. The maximum atomic E-state index is 5.78. The number of thiazole rings is 1. The van der Waals surface area contributed by atoms with Crippen LogP contribution in [0.2, 0.25) is 0 Å². The molecule has 0 unspecified atom stereocenters. The quantitative estimate of drug-likeness (QED) is 0.742. The van der Waals surface area contributed by atoms with E-state index in [0.717, 1.165) is 21.9 Å². The zero-order valence-electron chi connectivity index (χ0n) is 14.8. The molecule has 2 aromatic heterocycles. The Balaban J connectivity index is 1.44. The Labute approximate surface area is 151 Å². The predicted molar refractivity (Wildman–Crippen MR) is 99.9 cm³/mol. The van der Waals surface area contributed by atoms with Crippen molar-refractivity contribution in [2.24, 2.45) is 0 Å². The number of nitrogens with zero attached hydrogens (tertiary/aromatic N) is 3. The van der Waals surface area contributed by atoms with Gasteiger partial charge in [0, 0.05) is 22.1 Å². The van der Waals surface area contributed by atoms with Gasteiger partial charge in [-0.05, 0) is 42.5 Å². The van der Waals surface area contributed by atoms with Crippen LogP contribution in [0.5, 0.6) is 0 Å². The van der Waals surface area contributed by atoms with Gasteiger partial charge < -0.3 is 9.73 Å². The van der Waals surface area contributed by atoms with Crippen molar-refractivity contribution < 1.29 is 4.42 Å². The van der Waals surface area contributed by atoms with Gasteiger partial charge in [0.05, 0.1) is 11.6 Å². The fraction of sp³-hybridized carbons (Fsp3) is 0.421. The number of rotatable bonds is 4. The first-order chi connectivity index (χ1) is 12.0. The zero-order chi connectivity index (χ0) is 17.4. The van der Waals surface area contributed by atoms with Crippen molar-refractivity contribution in [2.45, 2.75) is 52.0 Å². The second-order valence-electron chi connectivity index (χ2n) is 7.48. The van der Waals surface area contributed by atoms with Gasteiger partial charge in [0.15, 0.2) is 0 Å². The van der Waals surface area contributed by atoms with E-state index in [0.29, 0.717) is 18.5 Å². The van der Waals surface area contributed by atoms with Crippen LogP contribution in [-0.4, -0.2) is 15.2 Å². The number of nitrogens with one attached hydrogen (secondary N) is 1. The molecule has 25 heavy (non-hydrogen) atoms. The summed E-state index contributed by atoms with van der Waals surface area (Å²) in [7, 11) is 0. The molecule has 5 nitrogen and oxygen atoms in total. The summed E-state index contributed by atoms with van der Waals surface area (Å²) in [5, 5.41) is 12.6. The minimum absolute atomic E-state index is 0.0775. The third-order valence-electron chi connectivity index (χ3n) is 4.38. The molecule has 1 N–H and O–H groups in total. The molecule has 0 atom stereocenters. The van der Waals surface area contributed by atoms with Crippen LogP contribution in [0.25, 0.3) is 11.5 Å². The molecule has 1 aromatic carbocycles. The van der Waals surface area contributed by atoms with Crippen molar-refractivity contribution in [1.29, 1.82) is 0 Å². The van der Waals surface area contributed by atoms with Gasteiger partial charge in [-0.25, -0.2) is 4.98 Å². The van der Waals surface area contributed by atoms with Gasteiger partial charge >= 0.3 is 6.01 Å². The Morgan fingerprint density at radius 2 is 2.00 bits per heavy atom. The lowest BCUT2D eigenvalue weighted by atomic mass is 9.98. The van der Waals surface area contributed by atoms with Gasteiger partial charge in [0.25, 0.3) is 0 Å². The standard InChI is InChI=1S/C19H22N4OS/c1-19(2,3)17-20-10-15(25-17)11-21-18-23-22-16(24-18)14-8-7-12-5-4-6-13(12)9-14/h7-10H,4-6,11H2,1-3H3,(H,21,23). The average Bonchev–Trinajstić information content (AvgIpc) is 3.31. The van der Waals surface area contributed by atoms with E-state index >= 15 is 0 Å². The number of hydrogen-bond acceptors (Lipinski definition) is 6. The van der Waals surface area contributed by atoms with Crippen LogP contribution in [0.1, 0.15) is 48.2 Å². The summed E-state index contributed by atoms with van der Waals surface area (Å²) in [6, 6.07) is 6.88. The van der Waals surface area contributed by atoms with E-state index in [1.807, 2.05) is 6.20 Å². The van der Waals surface area contributed by atoms with Gasteiger partial charge in [-0.3, -0.25) is 0 Å². The second kappa shape index (κ2) is 6.26. The summed E-state index contributed by atoms with van der Waals surface area (Å²) in [6.45, 7) is 7.15. The lowest BCUT2D eigenvalue weighted by Crippen LogP contribution is -2.09. The average molecular weight is 354 g/mol. The van der Waals surface area contributed by atoms with E-state index in [1.54, 1.807) is 11.3 Å². The SMILES string of the molecule is CC(C)(C)c1ncc(CNc2nnc(-c3ccc4c(c3)CCC4)o2)s1. The molecule has 0 amide bonds. The number of benzene rings is 1. The van der Waals surface area contributed by atoms with Crippen LogP contribution < -0.4 is 5.32 Å². The molecule has 0 saturated carbocycles. The van der Waals surface area contributed by atoms with Crippen molar-refractivity contribution in [3.63, 3.8) is 0 Å². The molecule has 1 aliphatic carbocycles. The molecule has 2 heterocycles. The summed E-state index contributed by atoms with van der Waals surface area (Å²) in [5.74, 6) is 0.567. The monoisotopic (exact) mass is 354 g/mol. The first-order valence-electron chi connectivity index (χ1n) is 8.64. The van der Waals surface area contributed by atoms with Gasteiger partial charge in [0.2, 0.25) is 5.89 Å². The minimum atomic E-state index is 0.0775. The van der Waals surface area contributed by atoms with Crippen LogP contribution in [-0.2, 0) is 24.8 Å². The number of fused-ring (bicyclic) bond motifs is 1. The number of aryl methyl sites for hydroxylation is 2. The van der Waals surface area contributed by atoms with Crippen LogP contribution in [0.15, 0.2) is 28.8 Å². The molecule has 0 radical (unpaired) electrons. The predicted octanol–water partition coefficient (Wildman–Crippen LogP) is 4.59. The highest BCUT2D eigenvalue weighted by molar-refractivity contribution is 7.11. The van der Waals surface area contributed by atoms with Crippen molar-refractivity contribution >= 4 is 17.4 Å². The van der Waals surface area contributed by atoms with Crippen LogP contribution >= 0.6 is 11.3 Å². The normalized spacial score (nSPS) is 13.9. The lowest BCUT2D eigenvalue weighted by Gasteiger charge is -2.13. The summed E-state index contributed by atoms with van der Waals surface area (Å²) < 4.78 is 5.78. The molecule has 0 bridgehead atoms. The first-order valence-corrected chi connectivity index (χ1v) is 9.45. The maximum absolute atomic E-state index is 5.78. The molecule has 130 valence electrons. The Bertz CT molecular complexity index is 891. The molecule has 0 saturated heterocycles. The number of anilines is 1. The topological polar surface area (TPSA) is 63.8 Å².